The van der Waals surface area contributed by atoms with Gasteiger partial charge in [0.1, 0.15) is 0 Å². The number of rotatable bonds is 14. The van der Waals surface area contributed by atoms with Gasteiger partial charge in [0.25, 0.3) is 0 Å². The van der Waals surface area contributed by atoms with Crippen LogP contribution in [0.3, 0.4) is 0 Å². The Kier molecular flexibility index (Phi) is 10.8. The Hall–Kier alpha value is -2.01. The zero-order chi connectivity index (χ0) is 21.8. The second-order valence-corrected chi connectivity index (χ2v) is 8.69. The van der Waals surface area contributed by atoms with Gasteiger partial charge in [-0.3, -0.25) is 14.4 Å². The molecular weight excluding hydrogens is 410 g/mol. The Bertz CT molecular complexity index is 606. The van der Waals surface area contributed by atoms with Gasteiger partial charge in [0.05, 0.1) is 25.3 Å². The molecule has 0 saturated carbocycles. The largest absolute Gasteiger partial charge is 0.379 e. The normalized spacial score (nSPS) is 22.0. The van der Waals surface area contributed by atoms with Crippen LogP contribution in [0.25, 0.3) is 0 Å². The van der Waals surface area contributed by atoms with E-state index >= 15 is 0 Å². The average molecular weight is 444 g/mol. The zero-order valence-electron chi connectivity index (χ0n) is 17.5. The van der Waals surface area contributed by atoms with Crippen molar-refractivity contribution >= 4 is 35.5 Å². The van der Waals surface area contributed by atoms with Crippen molar-refractivity contribution < 1.29 is 23.9 Å². The van der Waals surface area contributed by atoms with Gasteiger partial charge in [-0.2, -0.15) is 11.8 Å². The third kappa shape index (κ3) is 9.21. The fourth-order valence-corrected chi connectivity index (χ4v) is 4.96. The third-order valence-electron chi connectivity index (χ3n) is 4.94. The van der Waals surface area contributed by atoms with Crippen molar-refractivity contribution in [3.05, 3.63) is 0 Å². The van der Waals surface area contributed by atoms with Gasteiger partial charge in [0.15, 0.2) is 0 Å². The molecule has 0 aromatic rings. The van der Waals surface area contributed by atoms with Gasteiger partial charge in [-0.1, -0.05) is 6.42 Å². The van der Waals surface area contributed by atoms with E-state index in [1.54, 1.807) is 0 Å². The summed E-state index contributed by atoms with van der Waals surface area (Å²) in [6, 6.07) is 0.387. The van der Waals surface area contributed by atoms with Crippen molar-refractivity contribution in [3.63, 3.8) is 0 Å². The zero-order valence-corrected chi connectivity index (χ0v) is 18.3. The van der Waals surface area contributed by atoms with Crippen LogP contribution in [0.5, 0.6) is 0 Å². The molecule has 10 nitrogen and oxygen atoms in total. The Morgan fingerprint density at radius 1 is 1.00 bits per heavy atom. The molecule has 170 valence electrons. The standard InChI is InChI=1S/C19H33N5O5S/c1-13(25)20-7-8-21-17(27)6-10-29-11-9-22-16(26)5-3-2-4-15-18-14(12-30-15)23-19(28)24-18/h14-15,18H,2-12H2,1H3,(H,20,25)(H,21,27)(H,22,26)(H2,23,24,28)/t14-,15-,18-/m0/s1. The molecule has 30 heavy (non-hydrogen) atoms. The summed E-state index contributed by atoms with van der Waals surface area (Å²) in [5, 5.41) is 14.4. The minimum atomic E-state index is -0.135. The highest BCUT2D eigenvalue weighted by Gasteiger charge is 2.42. The van der Waals surface area contributed by atoms with Crippen LogP contribution in [0, 0.1) is 0 Å². The maximum atomic E-state index is 11.9. The Labute approximate surface area is 181 Å². The van der Waals surface area contributed by atoms with E-state index in [2.05, 4.69) is 26.6 Å². The summed E-state index contributed by atoms with van der Waals surface area (Å²) >= 11 is 1.89. The van der Waals surface area contributed by atoms with Crippen LogP contribution in [0.2, 0.25) is 0 Å². The third-order valence-corrected chi connectivity index (χ3v) is 6.45. The molecule has 2 rings (SSSR count). The molecule has 2 aliphatic rings. The number of hydrogen-bond acceptors (Lipinski definition) is 6. The van der Waals surface area contributed by atoms with Crippen LogP contribution in [0.1, 0.15) is 39.0 Å². The number of hydrogen-bond donors (Lipinski definition) is 5. The lowest BCUT2D eigenvalue weighted by Gasteiger charge is -2.16. The van der Waals surface area contributed by atoms with E-state index in [1.165, 1.54) is 6.92 Å². The minimum absolute atomic E-state index is 0.00195. The maximum absolute atomic E-state index is 11.9. The van der Waals surface area contributed by atoms with E-state index in [0.717, 1.165) is 25.0 Å². The highest BCUT2D eigenvalue weighted by molar-refractivity contribution is 8.00. The van der Waals surface area contributed by atoms with E-state index in [0.29, 0.717) is 37.9 Å². The van der Waals surface area contributed by atoms with Crippen LogP contribution in [-0.2, 0) is 19.1 Å². The van der Waals surface area contributed by atoms with Crippen LogP contribution in [-0.4, -0.2) is 79.7 Å². The van der Waals surface area contributed by atoms with Crippen molar-refractivity contribution in [2.24, 2.45) is 0 Å². The van der Waals surface area contributed by atoms with Gasteiger partial charge in [-0.25, -0.2) is 4.79 Å². The molecule has 3 atom stereocenters. The number of carbonyl (C=O) groups is 4. The topological polar surface area (TPSA) is 138 Å². The maximum Gasteiger partial charge on any atom is 0.315 e. The first kappa shape index (κ1) is 24.3. The number of unbranched alkanes of at least 4 members (excludes halogenated alkanes) is 1. The van der Waals surface area contributed by atoms with Crippen molar-refractivity contribution in [1.82, 2.24) is 26.6 Å². The molecule has 0 bridgehead atoms. The summed E-state index contributed by atoms with van der Waals surface area (Å²) < 4.78 is 5.35. The molecule has 2 saturated heterocycles. The molecule has 0 spiro atoms. The van der Waals surface area contributed by atoms with E-state index in [4.69, 9.17) is 4.74 Å². The van der Waals surface area contributed by atoms with Crippen molar-refractivity contribution in [1.29, 1.82) is 0 Å². The lowest BCUT2D eigenvalue weighted by molar-refractivity contribution is -0.123. The molecule has 0 radical (unpaired) electrons. The lowest BCUT2D eigenvalue weighted by atomic mass is 10.0. The molecule has 5 N–H and O–H groups in total. The highest BCUT2D eigenvalue weighted by atomic mass is 32.2. The SMILES string of the molecule is CC(=O)NCCNC(=O)CCOCCNC(=O)CCCC[C@@H]1SC[C@@H]2NC(=O)N[C@@H]21. The van der Waals surface area contributed by atoms with Gasteiger partial charge in [0.2, 0.25) is 17.7 Å². The summed E-state index contributed by atoms with van der Waals surface area (Å²) in [5.41, 5.74) is 0. The first-order valence-electron chi connectivity index (χ1n) is 10.5. The predicted molar refractivity (Wildman–Crippen MR) is 114 cm³/mol. The van der Waals surface area contributed by atoms with E-state index in [9.17, 15) is 19.2 Å². The number of carbonyl (C=O) groups excluding carboxylic acids is 4. The second kappa shape index (κ2) is 13.3. The summed E-state index contributed by atoms with van der Waals surface area (Å²) in [5.74, 6) is 0.691. The van der Waals surface area contributed by atoms with Crippen molar-refractivity contribution in [2.75, 3.05) is 38.6 Å². The van der Waals surface area contributed by atoms with Crippen LogP contribution >= 0.6 is 11.8 Å². The molecule has 5 amide bonds. The number of ether oxygens (including phenoxy) is 1. The van der Waals surface area contributed by atoms with Crippen LogP contribution < -0.4 is 26.6 Å². The molecule has 2 heterocycles. The van der Waals surface area contributed by atoms with E-state index < -0.39 is 0 Å². The summed E-state index contributed by atoms with van der Waals surface area (Å²) in [4.78, 5) is 45.5. The molecular formula is C19H33N5O5S. The number of urea groups is 1. The summed E-state index contributed by atoms with van der Waals surface area (Å²) in [6.07, 6.45) is 3.49. The molecule has 2 aliphatic heterocycles. The lowest BCUT2D eigenvalue weighted by Crippen LogP contribution is -2.36. The summed E-state index contributed by atoms with van der Waals surface area (Å²) in [6.45, 7) is 3.29. The Morgan fingerprint density at radius 3 is 2.53 bits per heavy atom. The summed E-state index contributed by atoms with van der Waals surface area (Å²) in [7, 11) is 0. The first-order valence-corrected chi connectivity index (χ1v) is 11.5. The van der Waals surface area contributed by atoms with E-state index in [1.807, 2.05) is 11.8 Å². The van der Waals surface area contributed by atoms with Crippen molar-refractivity contribution in [2.45, 2.75) is 56.4 Å². The molecule has 0 aliphatic carbocycles. The predicted octanol–water partition coefficient (Wildman–Crippen LogP) is -0.513. The minimum Gasteiger partial charge on any atom is -0.379 e. The molecule has 11 heteroatoms. The first-order chi connectivity index (χ1) is 14.5. The monoisotopic (exact) mass is 443 g/mol. The molecule has 0 aromatic heterocycles. The number of amides is 5. The fraction of sp³-hybridized carbons (Fsp3) is 0.789. The van der Waals surface area contributed by atoms with Gasteiger partial charge >= 0.3 is 6.03 Å². The van der Waals surface area contributed by atoms with E-state index in [-0.39, 0.29) is 48.9 Å². The number of thioether (sulfide) groups is 1. The quantitative estimate of drug-likeness (QED) is 0.181. The average Bonchev–Trinajstić information content (AvgIpc) is 3.24. The smallest absolute Gasteiger partial charge is 0.315 e. The molecule has 2 fully saturated rings. The number of fused-ring (bicyclic) bond motifs is 1. The van der Waals surface area contributed by atoms with Crippen molar-refractivity contribution in [3.8, 4) is 0 Å². The second-order valence-electron chi connectivity index (χ2n) is 7.41. The Balaban J connectivity index is 1.38. The molecule has 0 aromatic carbocycles. The Morgan fingerprint density at radius 2 is 1.73 bits per heavy atom. The number of nitrogens with one attached hydrogen (secondary N) is 5. The van der Waals surface area contributed by atoms with Gasteiger partial charge in [0, 0.05) is 50.4 Å². The van der Waals surface area contributed by atoms with Gasteiger partial charge in [-0.15, -0.1) is 0 Å². The van der Waals surface area contributed by atoms with Crippen LogP contribution in [0.4, 0.5) is 4.79 Å². The fourth-order valence-electron chi connectivity index (χ4n) is 3.42. The molecule has 0 unspecified atom stereocenters. The highest BCUT2D eigenvalue weighted by Crippen LogP contribution is 2.33. The van der Waals surface area contributed by atoms with Gasteiger partial charge < -0.3 is 31.3 Å². The van der Waals surface area contributed by atoms with Gasteiger partial charge in [-0.05, 0) is 12.8 Å². The van der Waals surface area contributed by atoms with Crippen LogP contribution in [0.15, 0.2) is 0 Å².